The minimum absolute atomic E-state index is 0.114. The molecule has 1 aliphatic carbocycles. The van der Waals surface area contributed by atoms with Crippen molar-refractivity contribution in [2.75, 3.05) is 6.54 Å². The predicted octanol–water partition coefficient (Wildman–Crippen LogP) is 3.91. The van der Waals surface area contributed by atoms with Crippen molar-refractivity contribution in [3.8, 4) is 5.75 Å². The van der Waals surface area contributed by atoms with Gasteiger partial charge in [0.15, 0.2) is 5.69 Å². The Bertz CT molecular complexity index is 1360. The van der Waals surface area contributed by atoms with Crippen molar-refractivity contribution >= 4 is 5.91 Å². The number of aromatic nitrogens is 2. The summed E-state index contributed by atoms with van der Waals surface area (Å²) >= 11 is 0. The van der Waals surface area contributed by atoms with E-state index >= 15 is 0 Å². The number of aromatic hydroxyl groups is 1. The Hall–Kier alpha value is -3.52. The van der Waals surface area contributed by atoms with Crippen LogP contribution in [0.25, 0.3) is 0 Å². The highest BCUT2D eigenvalue weighted by molar-refractivity contribution is 5.95. The fourth-order valence-corrected chi connectivity index (χ4v) is 5.88. The molecule has 2 aromatic carbocycles. The first kappa shape index (κ1) is 24.2. The normalized spacial score (nSPS) is 17.8. The van der Waals surface area contributed by atoms with E-state index in [4.69, 9.17) is 0 Å². The molecule has 2 N–H and O–H groups in total. The third kappa shape index (κ3) is 4.09. The molecule has 8 heteroatoms. The molecule has 1 saturated carbocycles. The zero-order valence-electron chi connectivity index (χ0n) is 20.5. The van der Waals surface area contributed by atoms with Crippen molar-refractivity contribution < 1.29 is 19.4 Å². The number of amides is 1. The summed E-state index contributed by atoms with van der Waals surface area (Å²) in [6.07, 6.45) is 2.21. The van der Waals surface area contributed by atoms with Gasteiger partial charge < -0.3 is 19.7 Å². The number of benzene rings is 2. The number of nitrogens with zero attached hydrogens (tertiary/aromatic N) is 3. The van der Waals surface area contributed by atoms with Crippen LogP contribution < -0.4 is 5.56 Å². The average Bonchev–Trinajstić information content (AvgIpc) is 3.34. The third-order valence-electron chi connectivity index (χ3n) is 7.62. The summed E-state index contributed by atoms with van der Waals surface area (Å²) in [4.78, 5) is 31.8. The van der Waals surface area contributed by atoms with Crippen LogP contribution in [0.4, 0.5) is 4.39 Å². The number of carbonyl (C=O) groups excluding carboxylic acids is 1. The van der Waals surface area contributed by atoms with Gasteiger partial charge in [0.1, 0.15) is 17.7 Å². The van der Waals surface area contributed by atoms with Gasteiger partial charge >= 0.3 is 5.56 Å². The zero-order chi connectivity index (χ0) is 25.6. The van der Waals surface area contributed by atoms with Gasteiger partial charge in [-0.25, -0.2) is 4.39 Å². The number of carbonyl (C=O) groups is 1. The summed E-state index contributed by atoms with van der Waals surface area (Å²) < 4.78 is 14.8. The number of halogens is 1. The number of fused-ring (bicyclic) bond motifs is 1. The van der Waals surface area contributed by atoms with Crippen LogP contribution in [0, 0.1) is 19.7 Å². The minimum Gasteiger partial charge on any atom is -0.501 e. The second-order valence-corrected chi connectivity index (χ2v) is 10.1. The van der Waals surface area contributed by atoms with Gasteiger partial charge in [-0.3, -0.25) is 9.59 Å². The molecule has 1 atom stereocenters. The van der Waals surface area contributed by atoms with Crippen molar-refractivity contribution in [3.63, 3.8) is 0 Å². The first-order valence-corrected chi connectivity index (χ1v) is 12.3. The van der Waals surface area contributed by atoms with Gasteiger partial charge in [0.25, 0.3) is 5.91 Å². The van der Waals surface area contributed by atoms with Crippen molar-refractivity contribution in [1.82, 2.24) is 14.5 Å². The van der Waals surface area contributed by atoms with Gasteiger partial charge in [0.05, 0.1) is 0 Å². The van der Waals surface area contributed by atoms with E-state index < -0.39 is 28.7 Å². The molecular formula is C28H30FN3O4. The molecule has 1 amide bonds. The van der Waals surface area contributed by atoms with Gasteiger partial charge in [-0.1, -0.05) is 54.3 Å². The molecule has 7 nitrogen and oxygen atoms in total. The SMILES string of the molecule is Cc1cc(C)cc(C2(C(O)c3nc(=O)c(O)c4n3CCN(Cc3ccc(F)cc3)C4=O)CCCC2)c1. The maximum Gasteiger partial charge on any atom is 0.316 e. The Kier molecular flexibility index (Phi) is 6.16. The van der Waals surface area contributed by atoms with E-state index in [-0.39, 0.29) is 30.4 Å². The summed E-state index contributed by atoms with van der Waals surface area (Å²) in [7, 11) is 0. The molecule has 1 aromatic heterocycles. The first-order chi connectivity index (χ1) is 17.2. The number of hydrogen-bond acceptors (Lipinski definition) is 5. The molecule has 1 fully saturated rings. The Morgan fingerprint density at radius 2 is 1.67 bits per heavy atom. The lowest BCUT2D eigenvalue weighted by Crippen LogP contribution is -2.44. The van der Waals surface area contributed by atoms with Crippen LogP contribution in [0.15, 0.2) is 47.3 Å². The number of rotatable bonds is 5. The number of hydrogen-bond donors (Lipinski definition) is 2. The van der Waals surface area contributed by atoms with E-state index in [0.29, 0.717) is 6.54 Å². The maximum atomic E-state index is 13.4. The average molecular weight is 492 g/mol. The van der Waals surface area contributed by atoms with E-state index in [0.717, 1.165) is 47.9 Å². The molecule has 1 unspecified atom stereocenters. The van der Waals surface area contributed by atoms with Crippen LogP contribution in [0.5, 0.6) is 5.75 Å². The molecule has 2 heterocycles. The van der Waals surface area contributed by atoms with E-state index in [1.807, 2.05) is 13.8 Å². The Labute approximate surface area is 208 Å². The summed E-state index contributed by atoms with van der Waals surface area (Å²) in [5, 5.41) is 22.4. The molecule has 0 saturated heterocycles. The van der Waals surface area contributed by atoms with E-state index in [2.05, 4.69) is 23.2 Å². The lowest BCUT2D eigenvalue weighted by atomic mass is 9.73. The summed E-state index contributed by atoms with van der Waals surface area (Å²) in [5.74, 6) is -1.49. The van der Waals surface area contributed by atoms with Gasteiger partial charge in [-0.05, 0) is 49.9 Å². The number of aliphatic hydroxyl groups is 1. The largest absolute Gasteiger partial charge is 0.501 e. The van der Waals surface area contributed by atoms with Crippen LogP contribution in [0.1, 0.15) is 70.4 Å². The fraction of sp³-hybridized carbons (Fsp3) is 0.393. The fourth-order valence-electron chi connectivity index (χ4n) is 5.88. The van der Waals surface area contributed by atoms with Gasteiger partial charge in [0.2, 0.25) is 5.75 Å². The quantitative estimate of drug-likeness (QED) is 0.564. The summed E-state index contributed by atoms with van der Waals surface area (Å²) in [6.45, 7) is 4.80. The topological polar surface area (TPSA) is 95.7 Å². The zero-order valence-corrected chi connectivity index (χ0v) is 20.5. The number of aryl methyl sites for hydroxylation is 2. The molecule has 36 heavy (non-hydrogen) atoms. The lowest BCUT2D eigenvalue weighted by Gasteiger charge is -2.38. The highest BCUT2D eigenvalue weighted by Gasteiger charge is 2.46. The molecule has 5 rings (SSSR count). The standard InChI is InChI=1S/C28H30FN3O4/c1-17-13-18(2)15-20(14-17)28(9-3-4-10-28)24(34)25-30-26(35)23(33)22-27(36)31(11-12-32(22)25)16-19-5-7-21(29)8-6-19/h5-8,13-15,24,33-34H,3-4,9-12,16H2,1-2H3. The first-order valence-electron chi connectivity index (χ1n) is 12.3. The molecule has 0 radical (unpaired) electrons. The second-order valence-electron chi connectivity index (χ2n) is 10.1. The molecule has 188 valence electrons. The van der Waals surface area contributed by atoms with Crippen LogP contribution >= 0.6 is 0 Å². The van der Waals surface area contributed by atoms with Gasteiger partial charge in [-0.15, -0.1) is 0 Å². The van der Waals surface area contributed by atoms with E-state index in [1.165, 1.54) is 21.6 Å². The molecule has 2 aliphatic rings. The third-order valence-corrected chi connectivity index (χ3v) is 7.62. The van der Waals surface area contributed by atoms with E-state index in [9.17, 15) is 24.2 Å². The Balaban J connectivity index is 1.56. The van der Waals surface area contributed by atoms with E-state index in [1.54, 1.807) is 12.1 Å². The molecule has 3 aromatic rings. The van der Waals surface area contributed by atoms with Crippen molar-refractivity contribution in [3.05, 3.63) is 92.4 Å². The highest BCUT2D eigenvalue weighted by Crippen LogP contribution is 2.50. The Morgan fingerprint density at radius 1 is 1.03 bits per heavy atom. The van der Waals surface area contributed by atoms with Crippen LogP contribution in [0.2, 0.25) is 0 Å². The Morgan fingerprint density at radius 3 is 2.31 bits per heavy atom. The molecule has 1 aliphatic heterocycles. The summed E-state index contributed by atoms with van der Waals surface area (Å²) in [6, 6.07) is 12.1. The van der Waals surface area contributed by atoms with Crippen molar-refractivity contribution in [2.24, 2.45) is 0 Å². The van der Waals surface area contributed by atoms with Gasteiger partial charge in [-0.2, -0.15) is 4.98 Å². The highest BCUT2D eigenvalue weighted by atomic mass is 19.1. The van der Waals surface area contributed by atoms with Crippen molar-refractivity contribution in [2.45, 2.75) is 64.1 Å². The maximum absolute atomic E-state index is 13.4. The molecular weight excluding hydrogens is 461 g/mol. The van der Waals surface area contributed by atoms with Crippen LogP contribution in [-0.2, 0) is 18.5 Å². The monoisotopic (exact) mass is 491 g/mol. The number of aliphatic hydroxyl groups excluding tert-OH is 1. The predicted molar refractivity (Wildman–Crippen MR) is 132 cm³/mol. The van der Waals surface area contributed by atoms with Crippen LogP contribution in [0.3, 0.4) is 0 Å². The van der Waals surface area contributed by atoms with Crippen molar-refractivity contribution in [1.29, 1.82) is 0 Å². The summed E-state index contributed by atoms with van der Waals surface area (Å²) in [5.41, 5.74) is 2.19. The van der Waals surface area contributed by atoms with Crippen LogP contribution in [-0.4, -0.2) is 37.1 Å². The lowest BCUT2D eigenvalue weighted by molar-refractivity contribution is 0.0578. The van der Waals surface area contributed by atoms with Gasteiger partial charge in [0, 0.05) is 25.0 Å². The smallest absolute Gasteiger partial charge is 0.316 e. The second kappa shape index (κ2) is 9.17. The molecule has 0 bridgehead atoms. The molecule has 0 spiro atoms. The minimum atomic E-state index is -1.12.